The topological polar surface area (TPSA) is 107 Å². The lowest BCUT2D eigenvalue weighted by Gasteiger charge is -2.23. The number of alkyl halides is 3. The maximum atomic E-state index is 13.8. The first-order valence-electron chi connectivity index (χ1n) is 10.6. The number of hydrogen-bond donors (Lipinski definition) is 0. The van der Waals surface area contributed by atoms with Gasteiger partial charge in [-0.25, -0.2) is 13.4 Å². The van der Waals surface area contributed by atoms with Gasteiger partial charge >= 0.3 is 16.3 Å². The Bertz CT molecular complexity index is 1440. The highest BCUT2D eigenvalue weighted by molar-refractivity contribution is 7.90. The normalized spacial score (nSPS) is 13.6. The van der Waals surface area contributed by atoms with E-state index >= 15 is 0 Å². The molecule has 0 fully saturated rings. The van der Waals surface area contributed by atoms with Crippen molar-refractivity contribution < 1.29 is 34.2 Å². The fourth-order valence-corrected chi connectivity index (χ4v) is 5.56. The Balaban J connectivity index is 2.36. The highest BCUT2D eigenvalue weighted by Gasteiger charge is 2.39. The molecule has 0 aliphatic heterocycles. The first kappa shape index (κ1) is 27.6. The lowest BCUT2D eigenvalue weighted by molar-refractivity contribution is -0.145. The molecule has 13 heteroatoms. The van der Waals surface area contributed by atoms with E-state index in [0.29, 0.717) is 5.56 Å². The third-order valence-corrected chi connectivity index (χ3v) is 8.14. The molecule has 0 aliphatic carbocycles. The minimum absolute atomic E-state index is 0.0477. The molecule has 3 rings (SSSR count). The van der Waals surface area contributed by atoms with Crippen LogP contribution >= 0.6 is 0 Å². The quantitative estimate of drug-likeness (QED) is 0.389. The van der Waals surface area contributed by atoms with Crippen LogP contribution in [0.4, 0.5) is 13.2 Å². The predicted octanol–water partition coefficient (Wildman–Crippen LogP) is 4.24. The lowest BCUT2D eigenvalue weighted by atomic mass is 10.00. The van der Waals surface area contributed by atoms with E-state index in [4.69, 9.17) is 4.18 Å². The summed E-state index contributed by atoms with van der Waals surface area (Å²) in [6, 6.07) is 13.0. The fourth-order valence-electron chi connectivity index (χ4n) is 3.55. The molecule has 1 atom stereocenters. The molecule has 3 aromatic rings. The summed E-state index contributed by atoms with van der Waals surface area (Å²) in [6.07, 6.45) is -3.92. The summed E-state index contributed by atoms with van der Waals surface area (Å²) in [6.45, 7) is 1.60. The number of benzene rings is 2. The zero-order valence-electron chi connectivity index (χ0n) is 19.8. The van der Waals surface area contributed by atoms with Crippen molar-refractivity contribution in [2.45, 2.75) is 29.8 Å². The third kappa shape index (κ3) is 6.02. The molecule has 8 nitrogen and oxygen atoms in total. The molecule has 194 valence electrons. The van der Waals surface area contributed by atoms with E-state index in [-0.39, 0.29) is 28.1 Å². The van der Waals surface area contributed by atoms with Crippen LogP contribution in [-0.4, -0.2) is 57.4 Å². The Morgan fingerprint density at radius 3 is 1.97 bits per heavy atom. The SMILES string of the molecule is CCC(N(C)C)S(=O)(=O)Oc1nc(C(F)(F)F)nc(-c2ccc(S(C)(=O)=O)cc2)c1-c1ccccc1. The smallest absolute Gasteiger partial charge is 0.360 e. The summed E-state index contributed by atoms with van der Waals surface area (Å²) in [5.41, 5.74) is 0.0483. The van der Waals surface area contributed by atoms with Crippen molar-refractivity contribution in [2.24, 2.45) is 0 Å². The molecule has 0 saturated carbocycles. The van der Waals surface area contributed by atoms with Crippen LogP contribution in [0.15, 0.2) is 59.5 Å². The van der Waals surface area contributed by atoms with Crippen molar-refractivity contribution in [1.82, 2.24) is 14.9 Å². The van der Waals surface area contributed by atoms with Gasteiger partial charge in [-0.3, -0.25) is 4.90 Å². The van der Waals surface area contributed by atoms with Crippen molar-refractivity contribution in [2.75, 3.05) is 20.4 Å². The van der Waals surface area contributed by atoms with Crippen LogP contribution in [0.3, 0.4) is 0 Å². The van der Waals surface area contributed by atoms with Crippen LogP contribution in [-0.2, 0) is 26.1 Å². The maximum absolute atomic E-state index is 13.8. The summed E-state index contributed by atoms with van der Waals surface area (Å²) < 4.78 is 96.4. The molecule has 0 radical (unpaired) electrons. The van der Waals surface area contributed by atoms with Gasteiger partial charge in [-0.1, -0.05) is 49.4 Å². The third-order valence-electron chi connectivity index (χ3n) is 5.20. The molecule has 1 heterocycles. The monoisotopic (exact) mass is 543 g/mol. The first-order valence-corrected chi connectivity index (χ1v) is 14.0. The summed E-state index contributed by atoms with van der Waals surface area (Å²) in [5, 5.41) is -1.15. The number of aromatic nitrogens is 2. The number of halogens is 3. The second kappa shape index (κ2) is 10.1. The molecule has 1 aromatic heterocycles. The molecular formula is C23H24F3N3O5S2. The second-order valence-corrected chi connectivity index (χ2v) is 11.9. The Morgan fingerprint density at radius 2 is 1.50 bits per heavy atom. The first-order chi connectivity index (χ1) is 16.6. The van der Waals surface area contributed by atoms with Gasteiger partial charge < -0.3 is 4.18 Å². The standard InChI is InChI=1S/C23H24F3N3O5S2/c1-5-18(29(2)3)36(32,33)34-21-19(15-9-7-6-8-10-15)20(27-22(28-21)23(24,25)26)16-11-13-17(14-12-16)35(4,30)31/h6-14,18H,5H2,1-4H3. The molecule has 36 heavy (non-hydrogen) atoms. The van der Waals surface area contributed by atoms with Crippen LogP contribution in [0.25, 0.3) is 22.4 Å². The highest BCUT2D eigenvalue weighted by atomic mass is 32.2. The zero-order valence-corrected chi connectivity index (χ0v) is 21.4. The Hall–Kier alpha value is -3.03. The average Bonchev–Trinajstić information content (AvgIpc) is 2.77. The van der Waals surface area contributed by atoms with Gasteiger partial charge in [0.2, 0.25) is 11.7 Å². The summed E-state index contributed by atoms with van der Waals surface area (Å²) in [7, 11) is -5.02. The fraction of sp³-hybridized carbons (Fsp3) is 0.304. The Labute approximate surface area is 207 Å². The molecule has 2 aromatic carbocycles. The summed E-state index contributed by atoms with van der Waals surface area (Å²) >= 11 is 0. The molecule has 1 unspecified atom stereocenters. The minimum Gasteiger partial charge on any atom is -0.360 e. The van der Waals surface area contributed by atoms with E-state index in [1.165, 1.54) is 43.3 Å². The van der Waals surface area contributed by atoms with E-state index in [9.17, 15) is 30.0 Å². The Kier molecular flexibility index (Phi) is 7.77. The molecule has 0 saturated heterocycles. The van der Waals surface area contributed by atoms with Gasteiger partial charge in [0, 0.05) is 11.8 Å². The number of nitrogens with zero attached hydrogens (tertiary/aromatic N) is 3. The van der Waals surface area contributed by atoms with Crippen molar-refractivity contribution >= 4 is 20.0 Å². The van der Waals surface area contributed by atoms with Crippen molar-refractivity contribution in [1.29, 1.82) is 0 Å². The zero-order chi connectivity index (χ0) is 26.9. The van der Waals surface area contributed by atoms with Crippen LogP contribution in [0.2, 0.25) is 0 Å². The van der Waals surface area contributed by atoms with E-state index < -0.39 is 43.2 Å². The van der Waals surface area contributed by atoms with Gasteiger partial charge in [-0.05, 0) is 38.2 Å². The summed E-state index contributed by atoms with van der Waals surface area (Å²) in [4.78, 5) is 8.50. The number of sulfone groups is 1. The number of hydrogen-bond acceptors (Lipinski definition) is 8. The van der Waals surface area contributed by atoms with Crippen molar-refractivity contribution in [3.63, 3.8) is 0 Å². The van der Waals surface area contributed by atoms with E-state index in [2.05, 4.69) is 9.97 Å². The van der Waals surface area contributed by atoms with Gasteiger partial charge in [0.15, 0.2) is 9.84 Å². The second-order valence-electron chi connectivity index (χ2n) is 8.14. The van der Waals surface area contributed by atoms with Crippen LogP contribution in [0.5, 0.6) is 5.88 Å². The number of rotatable bonds is 8. The van der Waals surface area contributed by atoms with E-state index in [1.54, 1.807) is 37.3 Å². The molecule has 0 bridgehead atoms. The van der Waals surface area contributed by atoms with Gasteiger partial charge in [0.1, 0.15) is 5.37 Å². The van der Waals surface area contributed by atoms with Crippen molar-refractivity contribution in [3.8, 4) is 28.3 Å². The van der Waals surface area contributed by atoms with Gasteiger partial charge in [-0.15, -0.1) is 0 Å². The molecular weight excluding hydrogens is 519 g/mol. The lowest BCUT2D eigenvalue weighted by Crippen LogP contribution is -2.38. The van der Waals surface area contributed by atoms with Gasteiger partial charge in [0.05, 0.1) is 16.2 Å². The van der Waals surface area contributed by atoms with Gasteiger partial charge in [-0.2, -0.15) is 26.6 Å². The summed E-state index contributed by atoms with van der Waals surface area (Å²) in [5.74, 6) is -2.39. The predicted molar refractivity (Wildman–Crippen MR) is 128 cm³/mol. The Morgan fingerprint density at radius 1 is 0.917 bits per heavy atom. The van der Waals surface area contributed by atoms with E-state index in [0.717, 1.165) is 6.26 Å². The molecule has 0 spiro atoms. The maximum Gasteiger partial charge on any atom is 0.451 e. The minimum atomic E-state index is -5.02. The van der Waals surface area contributed by atoms with Gasteiger partial charge in [0.25, 0.3) is 0 Å². The molecule has 0 aliphatic rings. The van der Waals surface area contributed by atoms with E-state index in [1.807, 2.05) is 0 Å². The largest absolute Gasteiger partial charge is 0.451 e. The van der Waals surface area contributed by atoms with Crippen LogP contribution in [0.1, 0.15) is 19.2 Å². The van der Waals surface area contributed by atoms with Crippen molar-refractivity contribution in [3.05, 3.63) is 60.4 Å². The van der Waals surface area contributed by atoms with Crippen LogP contribution < -0.4 is 4.18 Å². The average molecular weight is 544 g/mol. The van der Waals surface area contributed by atoms with Crippen LogP contribution in [0, 0.1) is 0 Å². The molecule has 0 N–H and O–H groups in total. The molecule has 0 amide bonds. The highest BCUT2D eigenvalue weighted by Crippen LogP contribution is 2.41.